The zero-order valence-corrected chi connectivity index (χ0v) is 12.0. The van der Waals surface area contributed by atoms with Gasteiger partial charge in [0.05, 0.1) is 18.8 Å². The number of allylic oxidation sites excluding steroid dienone is 1. The van der Waals surface area contributed by atoms with E-state index in [2.05, 4.69) is 23.3 Å². The lowest BCUT2D eigenvalue weighted by Crippen LogP contribution is -2.23. The molecular weight excluding hydrogens is 236 g/mol. The van der Waals surface area contributed by atoms with Crippen LogP contribution in [0.1, 0.15) is 50.8 Å². The fraction of sp³-hybridized carbons (Fsp3) is 0.562. The smallest absolute Gasteiger partial charge is 0.141 e. The first-order valence-corrected chi connectivity index (χ1v) is 7.25. The first-order chi connectivity index (χ1) is 9.35. The molecule has 0 bridgehead atoms. The Labute approximate surface area is 116 Å². The normalized spacial score (nSPS) is 16.8. The van der Waals surface area contributed by atoms with E-state index < -0.39 is 0 Å². The lowest BCUT2D eigenvalue weighted by atomic mass is 9.93. The monoisotopic (exact) mass is 260 g/mol. The lowest BCUT2D eigenvalue weighted by molar-refractivity contribution is 0.393. The number of nitrogens with one attached hydrogen (secondary N) is 1. The summed E-state index contributed by atoms with van der Waals surface area (Å²) in [6, 6.07) is 4.16. The van der Waals surface area contributed by atoms with Gasteiger partial charge in [-0.2, -0.15) is 0 Å². The standard InChI is InChI=1S/C16H24N2O/c1-3-17-14(12-13-8-5-4-6-9-13)16-15(19-2)10-7-11-18-16/h7-8,10-11,14,17H,3-6,9,12H2,1-2H3. The second-order valence-electron chi connectivity index (χ2n) is 5.01. The van der Waals surface area contributed by atoms with Gasteiger partial charge in [0.2, 0.25) is 0 Å². The molecule has 19 heavy (non-hydrogen) atoms. The van der Waals surface area contributed by atoms with Gasteiger partial charge in [0.1, 0.15) is 5.75 Å². The van der Waals surface area contributed by atoms with Crippen LogP contribution in [0, 0.1) is 0 Å². The van der Waals surface area contributed by atoms with Gasteiger partial charge < -0.3 is 10.1 Å². The summed E-state index contributed by atoms with van der Waals surface area (Å²) in [4.78, 5) is 4.52. The highest BCUT2D eigenvalue weighted by Crippen LogP contribution is 2.30. The average Bonchev–Trinajstić information content (AvgIpc) is 2.48. The lowest BCUT2D eigenvalue weighted by Gasteiger charge is -2.22. The molecule has 1 aliphatic rings. The van der Waals surface area contributed by atoms with Crippen LogP contribution in [0.15, 0.2) is 30.0 Å². The quantitative estimate of drug-likeness (QED) is 0.793. The van der Waals surface area contributed by atoms with Crippen LogP contribution in [0.5, 0.6) is 5.75 Å². The minimum Gasteiger partial charge on any atom is -0.495 e. The zero-order chi connectivity index (χ0) is 13.5. The fourth-order valence-corrected chi connectivity index (χ4v) is 2.70. The van der Waals surface area contributed by atoms with Crippen LogP contribution in [0.3, 0.4) is 0 Å². The number of nitrogens with zero attached hydrogens (tertiary/aromatic N) is 1. The Morgan fingerprint density at radius 3 is 3.00 bits per heavy atom. The van der Waals surface area contributed by atoms with Crippen LogP contribution in [0.25, 0.3) is 0 Å². The highest BCUT2D eigenvalue weighted by Gasteiger charge is 2.18. The van der Waals surface area contributed by atoms with E-state index in [9.17, 15) is 0 Å². The summed E-state index contributed by atoms with van der Waals surface area (Å²) in [7, 11) is 1.71. The molecule has 1 aliphatic carbocycles. The predicted octanol–water partition coefficient (Wildman–Crippen LogP) is 3.63. The first-order valence-electron chi connectivity index (χ1n) is 7.25. The summed E-state index contributed by atoms with van der Waals surface area (Å²) < 4.78 is 5.44. The Hall–Kier alpha value is -1.35. The van der Waals surface area contributed by atoms with Gasteiger partial charge in [-0.25, -0.2) is 0 Å². The third kappa shape index (κ3) is 3.80. The van der Waals surface area contributed by atoms with E-state index in [1.807, 2.05) is 18.3 Å². The molecular formula is C16H24N2O. The third-order valence-corrected chi connectivity index (χ3v) is 3.65. The number of pyridine rings is 1. The van der Waals surface area contributed by atoms with Crippen molar-refractivity contribution in [2.24, 2.45) is 0 Å². The fourth-order valence-electron chi connectivity index (χ4n) is 2.70. The molecule has 1 aromatic rings. The van der Waals surface area contributed by atoms with E-state index in [0.29, 0.717) is 0 Å². The van der Waals surface area contributed by atoms with E-state index in [1.54, 1.807) is 12.7 Å². The summed E-state index contributed by atoms with van der Waals surface area (Å²) in [6.07, 6.45) is 10.4. The summed E-state index contributed by atoms with van der Waals surface area (Å²) in [6.45, 7) is 3.08. The highest BCUT2D eigenvalue weighted by molar-refractivity contribution is 5.30. The van der Waals surface area contributed by atoms with Crippen molar-refractivity contribution in [3.8, 4) is 5.75 Å². The summed E-state index contributed by atoms with van der Waals surface area (Å²) in [5, 5.41) is 3.54. The summed E-state index contributed by atoms with van der Waals surface area (Å²) >= 11 is 0. The number of hydrogen-bond acceptors (Lipinski definition) is 3. The van der Waals surface area contributed by atoms with E-state index in [-0.39, 0.29) is 6.04 Å². The zero-order valence-electron chi connectivity index (χ0n) is 12.0. The van der Waals surface area contributed by atoms with E-state index in [1.165, 1.54) is 25.7 Å². The van der Waals surface area contributed by atoms with E-state index >= 15 is 0 Å². The number of hydrogen-bond donors (Lipinski definition) is 1. The van der Waals surface area contributed by atoms with Crippen molar-refractivity contribution in [2.75, 3.05) is 13.7 Å². The SMILES string of the molecule is CCNC(CC1=CCCCC1)c1ncccc1OC. The molecule has 0 spiro atoms. The molecule has 0 aliphatic heterocycles. The van der Waals surface area contributed by atoms with Gasteiger partial charge in [-0.15, -0.1) is 0 Å². The maximum atomic E-state index is 5.44. The Bertz CT molecular complexity index is 429. The Morgan fingerprint density at radius 2 is 2.32 bits per heavy atom. The third-order valence-electron chi connectivity index (χ3n) is 3.65. The van der Waals surface area contributed by atoms with Crippen LogP contribution < -0.4 is 10.1 Å². The minimum atomic E-state index is 0.255. The molecule has 0 fully saturated rings. The second-order valence-corrected chi connectivity index (χ2v) is 5.01. The van der Waals surface area contributed by atoms with Gasteiger partial charge in [-0.1, -0.05) is 18.6 Å². The minimum absolute atomic E-state index is 0.255. The molecule has 3 heteroatoms. The molecule has 3 nitrogen and oxygen atoms in total. The predicted molar refractivity (Wildman–Crippen MR) is 78.4 cm³/mol. The van der Waals surface area contributed by atoms with Crippen molar-refractivity contribution in [1.29, 1.82) is 0 Å². The maximum absolute atomic E-state index is 5.44. The first kappa shape index (κ1) is 14.1. The Kier molecular flexibility index (Phi) is 5.40. The number of aromatic nitrogens is 1. The molecule has 0 saturated heterocycles. The Balaban J connectivity index is 2.16. The molecule has 1 atom stereocenters. The Morgan fingerprint density at radius 1 is 1.42 bits per heavy atom. The van der Waals surface area contributed by atoms with Crippen LogP contribution in [0.2, 0.25) is 0 Å². The van der Waals surface area contributed by atoms with Gasteiger partial charge in [0.25, 0.3) is 0 Å². The number of ether oxygens (including phenoxy) is 1. The topological polar surface area (TPSA) is 34.2 Å². The van der Waals surface area contributed by atoms with Crippen LogP contribution in [0.4, 0.5) is 0 Å². The summed E-state index contributed by atoms with van der Waals surface area (Å²) in [5.41, 5.74) is 2.59. The number of rotatable bonds is 6. The molecule has 2 rings (SSSR count). The van der Waals surface area contributed by atoms with Gasteiger partial charge >= 0.3 is 0 Å². The van der Waals surface area contributed by atoms with Gasteiger partial charge in [-0.3, -0.25) is 4.98 Å². The van der Waals surface area contributed by atoms with Crippen molar-refractivity contribution in [1.82, 2.24) is 10.3 Å². The molecule has 1 unspecified atom stereocenters. The van der Waals surface area contributed by atoms with E-state index in [0.717, 1.165) is 24.4 Å². The van der Waals surface area contributed by atoms with Gasteiger partial charge in [0, 0.05) is 6.20 Å². The molecule has 1 N–H and O–H groups in total. The van der Waals surface area contributed by atoms with Crippen LogP contribution >= 0.6 is 0 Å². The molecule has 1 aromatic heterocycles. The molecule has 1 heterocycles. The molecule has 0 amide bonds. The average molecular weight is 260 g/mol. The van der Waals surface area contributed by atoms with Crippen LogP contribution in [-0.2, 0) is 0 Å². The van der Waals surface area contributed by atoms with E-state index in [4.69, 9.17) is 4.74 Å². The highest BCUT2D eigenvalue weighted by atomic mass is 16.5. The van der Waals surface area contributed by atoms with Gasteiger partial charge in [-0.05, 0) is 50.8 Å². The largest absolute Gasteiger partial charge is 0.495 e. The van der Waals surface area contributed by atoms with Crippen molar-refractivity contribution >= 4 is 0 Å². The molecule has 0 radical (unpaired) electrons. The molecule has 0 saturated carbocycles. The molecule has 104 valence electrons. The van der Waals surface area contributed by atoms with Crippen molar-refractivity contribution in [2.45, 2.75) is 45.1 Å². The summed E-state index contributed by atoms with van der Waals surface area (Å²) in [5.74, 6) is 0.879. The van der Waals surface area contributed by atoms with Crippen molar-refractivity contribution in [3.63, 3.8) is 0 Å². The number of methoxy groups -OCH3 is 1. The van der Waals surface area contributed by atoms with Gasteiger partial charge in [0.15, 0.2) is 0 Å². The van der Waals surface area contributed by atoms with Crippen molar-refractivity contribution in [3.05, 3.63) is 35.7 Å². The maximum Gasteiger partial charge on any atom is 0.141 e. The van der Waals surface area contributed by atoms with Crippen molar-refractivity contribution < 1.29 is 4.74 Å². The van der Waals surface area contributed by atoms with Crippen LogP contribution in [-0.4, -0.2) is 18.6 Å². The second kappa shape index (κ2) is 7.29. The molecule has 0 aromatic carbocycles.